The Kier molecular flexibility index (Phi) is 3.50. The van der Waals surface area contributed by atoms with Crippen LogP contribution in [0.15, 0.2) is 17.5 Å². The van der Waals surface area contributed by atoms with Crippen molar-refractivity contribution in [2.75, 3.05) is 14.1 Å². The summed E-state index contributed by atoms with van der Waals surface area (Å²) in [5.41, 5.74) is 1.74. The van der Waals surface area contributed by atoms with Gasteiger partial charge >= 0.3 is 0 Å². The number of nitriles is 1. The van der Waals surface area contributed by atoms with Gasteiger partial charge in [0, 0.05) is 19.0 Å². The van der Waals surface area contributed by atoms with Gasteiger partial charge < -0.3 is 4.90 Å². The van der Waals surface area contributed by atoms with Crippen molar-refractivity contribution < 1.29 is 0 Å². The molecule has 0 saturated carbocycles. The molecule has 1 aliphatic rings. The molecule has 0 N–H and O–H groups in total. The van der Waals surface area contributed by atoms with Gasteiger partial charge in [-0.2, -0.15) is 15.0 Å². The maximum Gasteiger partial charge on any atom is 0.176 e. The molecule has 0 atom stereocenters. The Balaban J connectivity index is 1.96. The molecule has 3 aromatic heterocycles. The van der Waals surface area contributed by atoms with Gasteiger partial charge in [-0.3, -0.25) is 0 Å². The van der Waals surface area contributed by atoms with E-state index in [1.165, 1.54) is 23.1 Å². The first-order chi connectivity index (χ1) is 11.7. The van der Waals surface area contributed by atoms with Crippen LogP contribution in [-0.4, -0.2) is 45.1 Å². The van der Waals surface area contributed by atoms with Crippen LogP contribution in [0.2, 0.25) is 0 Å². The predicted molar refractivity (Wildman–Crippen MR) is 93.1 cm³/mol. The first-order valence-corrected chi connectivity index (χ1v) is 8.45. The van der Waals surface area contributed by atoms with E-state index in [4.69, 9.17) is 0 Å². The lowest BCUT2D eigenvalue weighted by Crippen LogP contribution is -2.08. The molecule has 120 valence electrons. The third kappa shape index (κ3) is 2.25. The highest BCUT2D eigenvalue weighted by Crippen LogP contribution is 2.39. The number of aliphatic imine (C=N–C) groups is 1. The summed E-state index contributed by atoms with van der Waals surface area (Å²) >= 11 is 1.73. The minimum absolute atomic E-state index is 0.423. The van der Waals surface area contributed by atoms with Crippen LogP contribution in [0.4, 0.5) is 5.82 Å². The molecular weight excluding hydrogens is 322 g/mol. The molecule has 3 heterocycles. The van der Waals surface area contributed by atoms with Gasteiger partial charge in [-0.25, -0.2) is 15.0 Å². The molecule has 0 aromatic carbocycles. The lowest BCUT2D eigenvalue weighted by molar-refractivity contribution is 0.642. The van der Waals surface area contributed by atoms with E-state index in [1.54, 1.807) is 28.7 Å². The Morgan fingerprint density at radius 1 is 1.38 bits per heavy atom. The highest BCUT2D eigenvalue weighted by Gasteiger charge is 2.23. The van der Waals surface area contributed by atoms with Gasteiger partial charge in [-0.05, 0) is 24.8 Å². The Morgan fingerprint density at radius 3 is 3.04 bits per heavy atom. The summed E-state index contributed by atoms with van der Waals surface area (Å²) in [6, 6.07) is 2.15. The van der Waals surface area contributed by atoms with Crippen LogP contribution >= 0.6 is 11.3 Å². The normalized spacial score (nSPS) is 13.5. The van der Waals surface area contributed by atoms with Crippen molar-refractivity contribution in [3.63, 3.8) is 0 Å². The molecule has 7 nitrogen and oxygen atoms in total. The van der Waals surface area contributed by atoms with Crippen molar-refractivity contribution in [2.24, 2.45) is 4.99 Å². The zero-order valence-corrected chi connectivity index (χ0v) is 14.2. The number of aryl methyl sites for hydroxylation is 2. The van der Waals surface area contributed by atoms with E-state index in [0.717, 1.165) is 23.1 Å². The Bertz CT molecular complexity index is 990. The van der Waals surface area contributed by atoms with E-state index in [2.05, 4.69) is 26.1 Å². The molecular formula is C16H15N7S. The zero-order chi connectivity index (χ0) is 16.7. The van der Waals surface area contributed by atoms with Crippen molar-refractivity contribution in [1.29, 1.82) is 5.26 Å². The molecule has 0 aliphatic heterocycles. The smallest absolute Gasteiger partial charge is 0.176 e. The summed E-state index contributed by atoms with van der Waals surface area (Å²) in [5, 5.41) is 14.8. The molecule has 0 radical (unpaired) electrons. The van der Waals surface area contributed by atoms with Gasteiger partial charge in [-0.1, -0.05) is 0 Å². The van der Waals surface area contributed by atoms with E-state index in [-0.39, 0.29) is 0 Å². The summed E-state index contributed by atoms with van der Waals surface area (Å²) in [5.74, 6) is 1.19. The monoisotopic (exact) mass is 337 g/mol. The van der Waals surface area contributed by atoms with Gasteiger partial charge in [-0.15, -0.1) is 11.3 Å². The second-order valence-electron chi connectivity index (χ2n) is 5.85. The zero-order valence-electron chi connectivity index (χ0n) is 13.4. The summed E-state index contributed by atoms with van der Waals surface area (Å²) in [7, 11) is 3.76. The number of fused-ring (bicyclic) bond motifs is 3. The maximum atomic E-state index is 9.35. The molecule has 24 heavy (non-hydrogen) atoms. The molecule has 0 fully saturated rings. The van der Waals surface area contributed by atoms with Crippen LogP contribution in [0.25, 0.3) is 16.0 Å². The van der Waals surface area contributed by atoms with E-state index in [1.807, 2.05) is 19.0 Å². The summed E-state index contributed by atoms with van der Waals surface area (Å²) < 4.78 is 1.65. The quantitative estimate of drug-likeness (QED) is 0.541. The van der Waals surface area contributed by atoms with E-state index in [0.29, 0.717) is 17.2 Å². The molecule has 4 rings (SSSR count). The van der Waals surface area contributed by atoms with Crippen LogP contribution < -0.4 is 0 Å². The Hall–Kier alpha value is -2.79. The highest BCUT2D eigenvalue weighted by atomic mass is 32.1. The molecule has 0 saturated heterocycles. The van der Waals surface area contributed by atoms with Gasteiger partial charge in [0.1, 0.15) is 22.8 Å². The third-order valence-corrected chi connectivity index (χ3v) is 5.16. The number of hydrogen-bond acceptors (Lipinski definition) is 6. The average molecular weight is 337 g/mol. The van der Waals surface area contributed by atoms with Crippen LogP contribution in [0.3, 0.4) is 0 Å². The second kappa shape index (κ2) is 5.69. The predicted octanol–water partition coefficient (Wildman–Crippen LogP) is 2.46. The minimum Gasteiger partial charge on any atom is -0.369 e. The average Bonchev–Trinajstić information content (AvgIpc) is 3.25. The van der Waals surface area contributed by atoms with E-state index in [9.17, 15) is 5.26 Å². The molecule has 0 amide bonds. The standard InChI is InChI=1S/C16H15N7S/c1-22(2)9-20-14-10(6-17)7-21-23(14)15-13-11-4-3-5-12(11)24-16(13)19-8-18-15/h7-9H,3-5H2,1-2H3/b20-9+. The first-order valence-electron chi connectivity index (χ1n) is 7.63. The lowest BCUT2D eigenvalue weighted by atomic mass is 10.2. The molecule has 1 aliphatic carbocycles. The molecule has 0 spiro atoms. The lowest BCUT2D eigenvalue weighted by Gasteiger charge is -2.07. The van der Waals surface area contributed by atoms with Crippen LogP contribution in [0.5, 0.6) is 0 Å². The first kappa shape index (κ1) is 14.8. The molecule has 0 unspecified atom stereocenters. The van der Waals surface area contributed by atoms with E-state index < -0.39 is 0 Å². The number of aromatic nitrogens is 4. The number of thiophene rings is 1. The molecule has 8 heteroatoms. The second-order valence-corrected chi connectivity index (χ2v) is 6.93. The maximum absolute atomic E-state index is 9.35. The van der Waals surface area contributed by atoms with Crippen molar-refractivity contribution in [2.45, 2.75) is 19.3 Å². The van der Waals surface area contributed by atoms with Crippen molar-refractivity contribution in [1.82, 2.24) is 24.6 Å². The van der Waals surface area contributed by atoms with Crippen LogP contribution in [-0.2, 0) is 12.8 Å². The van der Waals surface area contributed by atoms with Crippen molar-refractivity contribution in [3.8, 4) is 11.9 Å². The van der Waals surface area contributed by atoms with E-state index >= 15 is 0 Å². The minimum atomic E-state index is 0.423. The molecule has 3 aromatic rings. The van der Waals surface area contributed by atoms with Crippen molar-refractivity contribution in [3.05, 3.63) is 28.5 Å². The molecule has 0 bridgehead atoms. The number of nitrogens with zero attached hydrogens (tertiary/aromatic N) is 7. The van der Waals surface area contributed by atoms with Crippen LogP contribution in [0, 0.1) is 11.3 Å². The summed E-state index contributed by atoms with van der Waals surface area (Å²) in [6.07, 6.45) is 8.05. The third-order valence-electron chi connectivity index (χ3n) is 3.96. The SMILES string of the molecule is CN(C)/C=N/c1c(C#N)cnn1-c1ncnc2sc3c(c12)CCC3. The Morgan fingerprint density at radius 2 is 2.25 bits per heavy atom. The van der Waals surface area contributed by atoms with Crippen LogP contribution in [0.1, 0.15) is 22.4 Å². The van der Waals surface area contributed by atoms with Crippen molar-refractivity contribution >= 4 is 33.7 Å². The summed E-state index contributed by atoms with van der Waals surface area (Å²) in [4.78, 5) is 17.5. The topological polar surface area (TPSA) is 83.0 Å². The largest absolute Gasteiger partial charge is 0.369 e. The number of hydrogen-bond donors (Lipinski definition) is 0. The van der Waals surface area contributed by atoms with Gasteiger partial charge in [0.2, 0.25) is 0 Å². The van der Waals surface area contributed by atoms with Gasteiger partial charge in [0.25, 0.3) is 0 Å². The fraction of sp³-hybridized carbons (Fsp3) is 0.312. The fourth-order valence-electron chi connectivity index (χ4n) is 2.94. The number of rotatable bonds is 3. The summed E-state index contributed by atoms with van der Waals surface area (Å²) in [6.45, 7) is 0. The van der Waals surface area contributed by atoms with Gasteiger partial charge in [0.05, 0.1) is 17.9 Å². The van der Waals surface area contributed by atoms with Gasteiger partial charge in [0.15, 0.2) is 11.6 Å². The highest BCUT2D eigenvalue weighted by molar-refractivity contribution is 7.19. The fourth-order valence-corrected chi connectivity index (χ4v) is 4.17. The Labute approximate surface area is 142 Å².